The first-order valence-electron chi connectivity index (χ1n) is 11.6. The van der Waals surface area contributed by atoms with Crippen LogP contribution in [0.4, 0.5) is 5.69 Å². The third-order valence-electron chi connectivity index (χ3n) is 6.05. The lowest BCUT2D eigenvalue weighted by Crippen LogP contribution is -2.33. The zero-order valence-electron chi connectivity index (χ0n) is 19.1. The molecule has 7 heteroatoms. The van der Waals surface area contributed by atoms with Gasteiger partial charge in [0.25, 0.3) is 11.8 Å². The molecule has 0 radical (unpaired) electrons. The maximum absolute atomic E-state index is 13.5. The number of nitrogens with zero attached hydrogens (tertiary/aromatic N) is 1. The van der Waals surface area contributed by atoms with E-state index in [2.05, 4.69) is 5.32 Å². The van der Waals surface area contributed by atoms with E-state index in [1.165, 1.54) is 11.8 Å². The quantitative estimate of drug-likeness (QED) is 0.423. The van der Waals surface area contributed by atoms with Gasteiger partial charge >= 0.3 is 0 Å². The molecular formula is C28H25ClN2O3S. The summed E-state index contributed by atoms with van der Waals surface area (Å²) >= 11 is 7.63. The Hall–Kier alpha value is -3.06. The molecule has 1 saturated heterocycles. The molecule has 2 aliphatic heterocycles. The number of amides is 2. The lowest BCUT2D eigenvalue weighted by molar-refractivity contribution is -0.114. The molecule has 35 heavy (non-hydrogen) atoms. The predicted molar refractivity (Wildman–Crippen MR) is 141 cm³/mol. The summed E-state index contributed by atoms with van der Waals surface area (Å²) in [7, 11) is 0. The molecule has 3 aromatic rings. The number of benzene rings is 3. The second-order valence-corrected chi connectivity index (χ2v) is 10.1. The van der Waals surface area contributed by atoms with E-state index >= 15 is 0 Å². The van der Waals surface area contributed by atoms with Crippen LogP contribution < -0.4 is 10.2 Å². The molecule has 0 saturated carbocycles. The van der Waals surface area contributed by atoms with Gasteiger partial charge in [0.05, 0.1) is 23.2 Å². The Morgan fingerprint density at radius 1 is 1.11 bits per heavy atom. The van der Waals surface area contributed by atoms with E-state index in [0.29, 0.717) is 28.6 Å². The molecular weight excluding hydrogens is 480 g/mol. The van der Waals surface area contributed by atoms with E-state index in [1.807, 2.05) is 66.7 Å². The number of para-hydroxylation sites is 1. The minimum absolute atomic E-state index is 0.0629. The summed E-state index contributed by atoms with van der Waals surface area (Å²) in [5.41, 5.74) is 3.29. The molecule has 5 rings (SSSR count). The minimum atomic E-state index is -0.121. The molecule has 1 fully saturated rings. The molecule has 2 heterocycles. The highest BCUT2D eigenvalue weighted by Gasteiger charge is 2.29. The van der Waals surface area contributed by atoms with Crippen LogP contribution in [0.25, 0.3) is 6.08 Å². The van der Waals surface area contributed by atoms with E-state index in [0.717, 1.165) is 41.2 Å². The number of ether oxygens (including phenoxy) is 1. The van der Waals surface area contributed by atoms with Gasteiger partial charge in [-0.05, 0) is 66.4 Å². The number of thioether (sulfide) groups is 1. The average molecular weight is 505 g/mol. The molecule has 0 aliphatic carbocycles. The van der Waals surface area contributed by atoms with Gasteiger partial charge < -0.3 is 15.0 Å². The van der Waals surface area contributed by atoms with Gasteiger partial charge in [-0.25, -0.2) is 0 Å². The van der Waals surface area contributed by atoms with E-state index in [9.17, 15) is 9.59 Å². The van der Waals surface area contributed by atoms with E-state index in [4.69, 9.17) is 16.3 Å². The fraction of sp³-hybridized carbons (Fsp3) is 0.214. The molecule has 0 aromatic heterocycles. The normalized spacial score (nSPS) is 18.5. The minimum Gasteiger partial charge on any atom is -0.376 e. The van der Waals surface area contributed by atoms with Crippen LogP contribution in [-0.2, 0) is 16.1 Å². The Bertz CT molecular complexity index is 1270. The molecule has 5 nitrogen and oxygen atoms in total. The lowest BCUT2D eigenvalue weighted by Gasteiger charge is -2.30. The van der Waals surface area contributed by atoms with Crippen molar-refractivity contribution in [2.75, 3.05) is 18.1 Å². The van der Waals surface area contributed by atoms with Gasteiger partial charge in [-0.1, -0.05) is 59.8 Å². The standard InChI is InChI=1S/C28H25ClN2O3S/c29-22-6-3-5-20(15-22)18-31-24-8-1-2-9-25(24)35-26(28(31)33)16-19-10-12-21(13-11-19)27(32)30-17-23-7-4-14-34-23/h1-3,5-6,8-13,15-16,23H,4,7,14,17-18H2,(H,30,32). The number of nitrogens with one attached hydrogen (secondary N) is 1. The van der Waals surface area contributed by atoms with Crippen LogP contribution in [0, 0.1) is 0 Å². The van der Waals surface area contributed by atoms with Crippen molar-refractivity contribution in [1.29, 1.82) is 0 Å². The van der Waals surface area contributed by atoms with Crippen molar-refractivity contribution in [3.63, 3.8) is 0 Å². The van der Waals surface area contributed by atoms with E-state index in [-0.39, 0.29) is 17.9 Å². The predicted octanol–water partition coefficient (Wildman–Crippen LogP) is 5.93. The van der Waals surface area contributed by atoms with Crippen molar-refractivity contribution in [3.8, 4) is 0 Å². The first-order valence-corrected chi connectivity index (χ1v) is 12.8. The number of halogens is 1. The van der Waals surface area contributed by atoms with Crippen LogP contribution in [0.1, 0.15) is 34.3 Å². The molecule has 1 atom stereocenters. The fourth-order valence-corrected chi connectivity index (χ4v) is 5.50. The zero-order valence-corrected chi connectivity index (χ0v) is 20.6. The van der Waals surface area contributed by atoms with Crippen molar-refractivity contribution in [3.05, 3.63) is 99.4 Å². The van der Waals surface area contributed by atoms with Crippen molar-refractivity contribution in [2.45, 2.75) is 30.4 Å². The highest BCUT2D eigenvalue weighted by molar-refractivity contribution is 8.04. The summed E-state index contributed by atoms with van der Waals surface area (Å²) in [6.45, 7) is 1.72. The number of hydrogen-bond acceptors (Lipinski definition) is 4. The highest BCUT2D eigenvalue weighted by Crippen LogP contribution is 2.42. The lowest BCUT2D eigenvalue weighted by atomic mass is 10.1. The molecule has 1 unspecified atom stereocenters. The smallest absolute Gasteiger partial charge is 0.265 e. The largest absolute Gasteiger partial charge is 0.376 e. The molecule has 3 aromatic carbocycles. The summed E-state index contributed by atoms with van der Waals surface area (Å²) in [5, 5.41) is 3.58. The Morgan fingerprint density at radius 3 is 2.71 bits per heavy atom. The second-order valence-electron chi connectivity index (χ2n) is 8.57. The van der Waals surface area contributed by atoms with Crippen molar-refractivity contribution in [2.24, 2.45) is 0 Å². The van der Waals surface area contributed by atoms with Crippen LogP contribution in [0.3, 0.4) is 0 Å². The molecule has 2 amide bonds. The average Bonchev–Trinajstić information content (AvgIpc) is 3.39. The molecule has 0 spiro atoms. The second kappa shape index (κ2) is 10.7. The maximum atomic E-state index is 13.5. The van der Waals surface area contributed by atoms with E-state index in [1.54, 1.807) is 17.0 Å². The summed E-state index contributed by atoms with van der Waals surface area (Å²) in [6, 6.07) is 22.8. The SMILES string of the molecule is O=C(NCC1CCCO1)c1ccc(C=C2Sc3ccccc3N(Cc3cccc(Cl)c3)C2=O)cc1. The van der Waals surface area contributed by atoms with Gasteiger partial charge in [-0.3, -0.25) is 9.59 Å². The summed E-state index contributed by atoms with van der Waals surface area (Å²) in [5.74, 6) is -0.184. The van der Waals surface area contributed by atoms with Crippen LogP contribution in [0.5, 0.6) is 0 Å². The van der Waals surface area contributed by atoms with Crippen molar-refractivity contribution in [1.82, 2.24) is 5.32 Å². The fourth-order valence-electron chi connectivity index (χ4n) is 4.23. The van der Waals surface area contributed by atoms with Gasteiger partial charge in [0, 0.05) is 28.6 Å². The summed E-state index contributed by atoms with van der Waals surface area (Å²) < 4.78 is 5.56. The van der Waals surface area contributed by atoms with Gasteiger partial charge in [0.15, 0.2) is 0 Å². The number of carbonyl (C=O) groups is 2. The highest BCUT2D eigenvalue weighted by atomic mass is 35.5. The third kappa shape index (κ3) is 5.61. The van der Waals surface area contributed by atoms with Gasteiger partial charge in [0.1, 0.15) is 0 Å². The molecule has 0 bridgehead atoms. The Kier molecular flexibility index (Phi) is 7.23. The number of hydrogen-bond donors (Lipinski definition) is 1. The van der Waals surface area contributed by atoms with Gasteiger partial charge in [-0.2, -0.15) is 0 Å². The molecule has 1 N–H and O–H groups in total. The van der Waals surface area contributed by atoms with E-state index < -0.39 is 0 Å². The first kappa shape index (κ1) is 23.7. The summed E-state index contributed by atoms with van der Waals surface area (Å²) in [6.07, 6.45) is 4.01. The molecule has 2 aliphatic rings. The first-order chi connectivity index (χ1) is 17.1. The van der Waals surface area contributed by atoms with Crippen molar-refractivity contribution < 1.29 is 14.3 Å². The Morgan fingerprint density at radius 2 is 1.94 bits per heavy atom. The van der Waals surface area contributed by atoms with Gasteiger partial charge in [0.2, 0.25) is 0 Å². The number of fused-ring (bicyclic) bond motifs is 1. The number of rotatable bonds is 6. The van der Waals surface area contributed by atoms with Crippen LogP contribution in [-0.4, -0.2) is 31.1 Å². The molecule has 178 valence electrons. The summed E-state index contributed by atoms with van der Waals surface area (Å²) in [4.78, 5) is 29.4. The van der Waals surface area contributed by atoms with Crippen LogP contribution in [0.15, 0.2) is 82.6 Å². The van der Waals surface area contributed by atoms with Crippen LogP contribution in [0.2, 0.25) is 5.02 Å². The topological polar surface area (TPSA) is 58.6 Å². The van der Waals surface area contributed by atoms with Crippen LogP contribution >= 0.6 is 23.4 Å². The number of carbonyl (C=O) groups excluding carboxylic acids is 2. The number of anilines is 1. The third-order valence-corrected chi connectivity index (χ3v) is 7.36. The van der Waals surface area contributed by atoms with Gasteiger partial charge in [-0.15, -0.1) is 0 Å². The van der Waals surface area contributed by atoms with Crippen molar-refractivity contribution >= 4 is 46.9 Å². The monoisotopic (exact) mass is 504 g/mol. The zero-order chi connectivity index (χ0) is 24.2. The Labute approximate surface area is 214 Å². The Balaban J connectivity index is 1.34. The maximum Gasteiger partial charge on any atom is 0.265 e.